The highest BCUT2D eigenvalue weighted by atomic mass is 19.4. The van der Waals surface area contributed by atoms with Crippen molar-refractivity contribution in [2.24, 2.45) is 0 Å². The fourth-order valence-corrected chi connectivity index (χ4v) is 4.55. The molecule has 0 aliphatic carbocycles. The monoisotopic (exact) mass is 559 g/mol. The first-order chi connectivity index (χ1) is 19.7. The third-order valence-electron chi connectivity index (χ3n) is 6.72. The third-order valence-corrected chi connectivity index (χ3v) is 6.72. The maximum atomic E-state index is 14.0. The van der Waals surface area contributed by atoms with Gasteiger partial charge in [-0.25, -0.2) is 4.39 Å². The molecule has 2 amide bonds. The summed E-state index contributed by atoms with van der Waals surface area (Å²) < 4.78 is 52.9. The van der Waals surface area contributed by atoms with Crippen molar-refractivity contribution in [3.05, 3.63) is 131 Å². The number of rotatable bonds is 8. The van der Waals surface area contributed by atoms with Gasteiger partial charge in [-0.3, -0.25) is 9.59 Å². The van der Waals surface area contributed by atoms with Gasteiger partial charge in [-0.15, -0.1) is 0 Å². The largest absolute Gasteiger partial charge is 0.416 e. The van der Waals surface area contributed by atoms with Crippen LogP contribution in [0, 0.1) is 5.82 Å². The fraction of sp³-hybridized carbons (Fsp3) is 0.125. The highest BCUT2D eigenvalue weighted by Crippen LogP contribution is 2.31. The van der Waals surface area contributed by atoms with Crippen LogP contribution in [0.5, 0.6) is 0 Å². The molecule has 0 aliphatic heterocycles. The minimum absolute atomic E-state index is 0.215. The lowest BCUT2D eigenvalue weighted by atomic mass is 10.00. The van der Waals surface area contributed by atoms with Crippen LogP contribution in [0.3, 0.4) is 0 Å². The minimum Gasteiger partial charge on any atom is -0.351 e. The molecular weight excluding hydrogens is 534 g/mol. The molecule has 5 aromatic rings. The molecule has 1 heterocycles. The van der Waals surface area contributed by atoms with Crippen LogP contribution in [-0.4, -0.2) is 23.3 Å². The van der Waals surface area contributed by atoms with Gasteiger partial charge in [0.05, 0.1) is 5.56 Å². The van der Waals surface area contributed by atoms with Gasteiger partial charge in [0, 0.05) is 35.1 Å². The molecule has 4 aromatic carbocycles. The minimum atomic E-state index is -4.61. The van der Waals surface area contributed by atoms with Crippen molar-refractivity contribution >= 4 is 22.7 Å². The SMILES string of the molecule is O=C(NCc1cc(C(F)(F)F)ccc1F)c1ccc(-c2cccc3[nH]c(C(=O)NCCc4ccccc4)cc23)cc1. The van der Waals surface area contributed by atoms with E-state index in [9.17, 15) is 27.2 Å². The molecule has 3 N–H and O–H groups in total. The first-order valence-electron chi connectivity index (χ1n) is 12.9. The third kappa shape index (κ3) is 6.46. The van der Waals surface area contributed by atoms with E-state index in [-0.39, 0.29) is 17.0 Å². The molecule has 0 saturated carbocycles. The molecule has 0 bridgehead atoms. The summed E-state index contributed by atoms with van der Waals surface area (Å²) in [7, 11) is 0. The van der Waals surface area contributed by atoms with Crippen LogP contribution in [-0.2, 0) is 19.1 Å². The Morgan fingerprint density at radius 3 is 2.27 bits per heavy atom. The van der Waals surface area contributed by atoms with E-state index in [2.05, 4.69) is 15.6 Å². The first-order valence-corrected chi connectivity index (χ1v) is 12.9. The topological polar surface area (TPSA) is 74.0 Å². The van der Waals surface area contributed by atoms with Crippen molar-refractivity contribution in [1.82, 2.24) is 15.6 Å². The Morgan fingerprint density at radius 1 is 0.780 bits per heavy atom. The van der Waals surface area contributed by atoms with Gasteiger partial charge in [0.1, 0.15) is 11.5 Å². The molecular formula is C32H25F4N3O2. The van der Waals surface area contributed by atoms with Crippen molar-refractivity contribution in [3.63, 3.8) is 0 Å². The molecule has 0 saturated heterocycles. The van der Waals surface area contributed by atoms with Gasteiger partial charge in [0.2, 0.25) is 0 Å². The van der Waals surface area contributed by atoms with Crippen molar-refractivity contribution in [1.29, 1.82) is 0 Å². The van der Waals surface area contributed by atoms with Gasteiger partial charge in [-0.05, 0) is 65.6 Å². The van der Waals surface area contributed by atoms with E-state index in [1.807, 2.05) is 48.5 Å². The first kappa shape index (κ1) is 27.6. The van der Waals surface area contributed by atoms with Gasteiger partial charge in [0.15, 0.2) is 0 Å². The Hall–Kier alpha value is -4.92. The second kappa shape index (κ2) is 11.7. The fourth-order valence-electron chi connectivity index (χ4n) is 4.55. The molecule has 0 unspecified atom stereocenters. The second-order valence-electron chi connectivity index (χ2n) is 9.51. The zero-order chi connectivity index (χ0) is 29.0. The summed E-state index contributed by atoms with van der Waals surface area (Å²) in [6.45, 7) is 0.101. The number of halogens is 4. The van der Waals surface area contributed by atoms with E-state index in [1.165, 1.54) is 0 Å². The summed E-state index contributed by atoms with van der Waals surface area (Å²) >= 11 is 0. The molecule has 41 heavy (non-hydrogen) atoms. The molecule has 0 radical (unpaired) electrons. The Kier molecular flexibility index (Phi) is 7.87. The Bertz CT molecular complexity index is 1690. The number of carbonyl (C=O) groups is 2. The van der Waals surface area contributed by atoms with E-state index < -0.39 is 30.0 Å². The molecule has 5 nitrogen and oxygen atoms in total. The number of nitrogens with one attached hydrogen (secondary N) is 3. The van der Waals surface area contributed by atoms with Crippen LogP contribution >= 0.6 is 0 Å². The summed E-state index contributed by atoms with van der Waals surface area (Å²) in [4.78, 5) is 28.5. The molecule has 0 spiro atoms. The number of amides is 2. The number of H-pyrrole nitrogens is 1. The van der Waals surface area contributed by atoms with Crippen LogP contribution < -0.4 is 10.6 Å². The van der Waals surface area contributed by atoms with E-state index in [1.54, 1.807) is 30.3 Å². The quantitative estimate of drug-likeness (QED) is 0.181. The average molecular weight is 560 g/mol. The van der Waals surface area contributed by atoms with Crippen LogP contribution in [0.1, 0.15) is 37.5 Å². The lowest BCUT2D eigenvalue weighted by Gasteiger charge is -2.11. The van der Waals surface area contributed by atoms with E-state index >= 15 is 0 Å². The highest BCUT2D eigenvalue weighted by Gasteiger charge is 2.31. The van der Waals surface area contributed by atoms with Gasteiger partial charge >= 0.3 is 6.18 Å². The predicted octanol–water partition coefficient (Wildman–Crippen LogP) is 6.90. The van der Waals surface area contributed by atoms with E-state index in [4.69, 9.17) is 0 Å². The molecule has 0 atom stereocenters. The number of fused-ring (bicyclic) bond motifs is 1. The van der Waals surface area contributed by atoms with Crippen LogP contribution in [0.4, 0.5) is 17.6 Å². The average Bonchev–Trinajstić information content (AvgIpc) is 3.41. The number of aromatic nitrogens is 1. The number of hydrogen-bond acceptors (Lipinski definition) is 2. The zero-order valence-electron chi connectivity index (χ0n) is 21.7. The highest BCUT2D eigenvalue weighted by molar-refractivity contribution is 6.03. The molecule has 0 aliphatic rings. The van der Waals surface area contributed by atoms with Crippen molar-refractivity contribution in [3.8, 4) is 11.1 Å². The maximum Gasteiger partial charge on any atom is 0.416 e. The zero-order valence-corrected chi connectivity index (χ0v) is 21.7. The molecule has 5 rings (SSSR count). The van der Waals surface area contributed by atoms with Crippen LogP contribution in [0.2, 0.25) is 0 Å². The number of aromatic amines is 1. The summed E-state index contributed by atoms with van der Waals surface area (Å²) in [5.74, 6) is -1.60. The Labute approximate surface area is 233 Å². The molecule has 1 aromatic heterocycles. The van der Waals surface area contributed by atoms with Gasteiger partial charge in [-0.2, -0.15) is 13.2 Å². The summed E-state index contributed by atoms with van der Waals surface area (Å²) in [5, 5.41) is 6.23. The lowest BCUT2D eigenvalue weighted by molar-refractivity contribution is -0.137. The maximum absolute atomic E-state index is 14.0. The molecule has 0 fully saturated rings. The summed E-state index contributed by atoms with van der Waals surface area (Å²) in [6, 6.07) is 26.0. The standard InChI is InChI=1S/C32H25F4N3O2/c33-27-14-13-24(32(34,35)36)17-23(27)19-38-30(40)22-11-9-21(10-12-22)25-7-4-8-28-26(25)18-29(39-28)31(41)37-16-15-20-5-2-1-3-6-20/h1-14,17-18,39H,15-16,19H2,(H,37,41)(H,38,40). The summed E-state index contributed by atoms with van der Waals surface area (Å²) in [5.41, 5.74) is 3.00. The van der Waals surface area contributed by atoms with Crippen molar-refractivity contribution < 1.29 is 27.2 Å². The van der Waals surface area contributed by atoms with E-state index in [0.29, 0.717) is 30.8 Å². The van der Waals surface area contributed by atoms with Gasteiger partial charge in [-0.1, -0.05) is 54.6 Å². The molecule has 9 heteroatoms. The summed E-state index contributed by atoms with van der Waals surface area (Å²) in [6.07, 6.45) is -3.90. The number of hydrogen-bond donors (Lipinski definition) is 3. The van der Waals surface area contributed by atoms with Crippen LogP contribution in [0.15, 0.2) is 97.1 Å². The lowest BCUT2D eigenvalue weighted by Crippen LogP contribution is -2.25. The number of benzene rings is 4. The Morgan fingerprint density at radius 2 is 1.54 bits per heavy atom. The van der Waals surface area contributed by atoms with Crippen molar-refractivity contribution in [2.75, 3.05) is 6.54 Å². The van der Waals surface area contributed by atoms with Gasteiger partial charge < -0.3 is 15.6 Å². The normalized spacial score (nSPS) is 11.4. The predicted molar refractivity (Wildman–Crippen MR) is 149 cm³/mol. The smallest absolute Gasteiger partial charge is 0.351 e. The van der Waals surface area contributed by atoms with Crippen molar-refractivity contribution in [2.45, 2.75) is 19.1 Å². The van der Waals surface area contributed by atoms with Gasteiger partial charge in [0.25, 0.3) is 11.8 Å². The van der Waals surface area contributed by atoms with E-state index in [0.717, 1.165) is 33.7 Å². The van der Waals surface area contributed by atoms with Crippen LogP contribution in [0.25, 0.3) is 22.0 Å². The Balaban J connectivity index is 1.26. The molecule has 208 valence electrons. The number of carbonyl (C=O) groups excluding carboxylic acids is 2. The number of alkyl halides is 3. The second-order valence-corrected chi connectivity index (χ2v) is 9.51.